The highest BCUT2D eigenvalue weighted by Gasteiger charge is 2.29. The molecule has 6 nitrogen and oxygen atoms in total. The predicted molar refractivity (Wildman–Crippen MR) is 155 cm³/mol. The second-order valence-corrected chi connectivity index (χ2v) is 11.1. The number of benzene rings is 3. The number of ketones is 2. The number of aryl methyl sites for hydroxylation is 2. The fourth-order valence-corrected chi connectivity index (χ4v) is 4.64. The van der Waals surface area contributed by atoms with E-state index >= 15 is 0 Å². The monoisotopic (exact) mass is 528 g/mol. The number of hydrogen-bond donors (Lipinski definition) is 0. The van der Waals surface area contributed by atoms with Gasteiger partial charge in [0.05, 0.1) is 0 Å². The number of fused-ring (bicyclic) bond motifs is 3. The van der Waals surface area contributed by atoms with Crippen LogP contribution in [-0.2, 0) is 16.2 Å². The highest BCUT2D eigenvalue weighted by atomic mass is 32.2. The first-order valence-corrected chi connectivity index (χ1v) is 13.9. The Bertz CT molecular complexity index is 1600. The number of carbonyl (C=O) groups excluding carboxylic acids is 3. The lowest BCUT2D eigenvalue weighted by Crippen LogP contribution is -2.29. The first-order valence-electron chi connectivity index (χ1n) is 12.7. The standard InChI is InChI=1S/C31H32N2O4S/c1-7-25(32-37-30(36)31(4,5)38-6)29(35)21-14-16-27-24(18-21)23-17-20(13-15-26(23)33(27)8-2)28(34)22-12-10-9-11-19(22)3/h9-18H,7-8H2,1-6H3/b32-25+. The third kappa shape index (κ3) is 5.03. The first-order chi connectivity index (χ1) is 18.1. The van der Waals surface area contributed by atoms with Gasteiger partial charge in [0.25, 0.3) is 0 Å². The molecule has 0 saturated heterocycles. The summed E-state index contributed by atoms with van der Waals surface area (Å²) < 4.78 is 1.40. The van der Waals surface area contributed by atoms with Gasteiger partial charge in [-0.1, -0.05) is 36.3 Å². The Kier molecular flexibility index (Phi) is 7.88. The summed E-state index contributed by atoms with van der Waals surface area (Å²) in [5.41, 5.74) is 4.78. The van der Waals surface area contributed by atoms with Crippen LogP contribution in [0.3, 0.4) is 0 Å². The molecule has 38 heavy (non-hydrogen) atoms. The van der Waals surface area contributed by atoms with E-state index in [-0.39, 0.29) is 17.3 Å². The van der Waals surface area contributed by atoms with Crippen LogP contribution >= 0.6 is 11.8 Å². The van der Waals surface area contributed by atoms with Gasteiger partial charge in [-0.15, -0.1) is 11.8 Å². The minimum Gasteiger partial charge on any atom is -0.341 e. The molecule has 0 aliphatic heterocycles. The molecule has 0 aliphatic carbocycles. The van der Waals surface area contributed by atoms with Crippen LogP contribution in [0.1, 0.15) is 66.0 Å². The molecule has 0 N–H and O–H groups in total. The Morgan fingerprint density at radius 1 is 0.921 bits per heavy atom. The number of nitrogens with zero attached hydrogens (tertiary/aromatic N) is 2. The second kappa shape index (κ2) is 11.0. The highest BCUT2D eigenvalue weighted by Crippen LogP contribution is 2.32. The summed E-state index contributed by atoms with van der Waals surface area (Å²) >= 11 is 1.35. The predicted octanol–water partition coefficient (Wildman–Crippen LogP) is 6.99. The zero-order valence-electron chi connectivity index (χ0n) is 22.6. The van der Waals surface area contributed by atoms with Crippen molar-refractivity contribution in [3.8, 4) is 0 Å². The van der Waals surface area contributed by atoms with E-state index in [4.69, 9.17) is 4.84 Å². The summed E-state index contributed by atoms with van der Waals surface area (Å²) in [5.74, 6) is -0.838. The van der Waals surface area contributed by atoms with Gasteiger partial charge in [0.15, 0.2) is 5.78 Å². The Balaban J connectivity index is 1.77. The van der Waals surface area contributed by atoms with Crippen LogP contribution in [0.4, 0.5) is 0 Å². The van der Waals surface area contributed by atoms with Crippen LogP contribution in [0.25, 0.3) is 21.8 Å². The van der Waals surface area contributed by atoms with Crippen molar-refractivity contribution in [2.24, 2.45) is 5.16 Å². The molecule has 0 fully saturated rings. The zero-order chi connectivity index (χ0) is 27.6. The van der Waals surface area contributed by atoms with Crippen molar-refractivity contribution in [3.63, 3.8) is 0 Å². The van der Waals surface area contributed by atoms with Gasteiger partial charge >= 0.3 is 5.97 Å². The minimum absolute atomic E-state index is 0.0370. The van der Waals surface area contributed by atoms with Crippen molar-refractivity contribution in [2.75, 3.05) is 6.26 Å². The molecule has 0 amide bonds. The van der Waals surface area contributed by atoms with E-state index in [2.05, 4.69) is 16.6 Å². The molecule has 0 aliphatic rings. The largest absolute Gasteiger partial charge is 0.350 e. The fourth-order valence-electron chi connectivity index (χ4n) is 4.43. The molecule has 0 radical (unpaired) electrons. The maximum absolute atomic E-state index is 13.4. The van der Waals surface area contributed by atoms with Crippen molar-refractivity contribution in [1.82, 2.24) is 4.57 Å². The number of carbonyl (C=O) groups is 3. The summed E-state index contributed by atoms with van der Waals surface area (Å²) in [5, 5.41) is 5.71. The van der Waals surface area contributed by atoms with E-state index in [1.54, 1.807) is 26.8 Å². The van der Waals surface area contributed by atoms with Crippen LogP contribution in [-0.4, -0.2) is 38.8 Å². The first kappa shape index (κ1) is 27.3. The van der Waals surface area contributed by atoms with Gasteiger partial charge in [0.1, 0.15) is 10.5 Å². The fraction of sp³-hybridized carbons (Fsp3) is 0.290. The van der Waals surface area contributed by atoms with Crippen molar-refractivity contribution < 1.29 is 19.2 Å². The lowest BCUT2D eigenvalue weighted by Gasteiger charge is -2.17. The Hall–Kier alpha value is -3.71. The normalized spacial score (nSPS) is 12.2. The number of hydrogen-bond acceptors (Lipinski definition) is 6. The van der Waals surface area contributed by atoms with Crippen LogP contribution in [0, 0.1) is 6.92 Å². The molecule has 4 rings (SSSR count). The van der Waals surface area contributed by atoms with E-state index in [1.807, 2.05) is 67.8 Å². The Labute approximate surface area is 227 Å². The molecule has 0 unspecified atom stereocenters. The molecule has 1 aromatic heterocycles. The van der Waals surface area contributed by atoms with Gasteiger partial charge in [-0.2, -0.15) is 0 Å². The average Bonchev–Trinajstić information content (AvgIpc) is 3.25. The maximum atomic E-state index is 13.4. The van der Waals surface area contributed by atoms with Crippen LogP contribution in [0.5, 0.6) is 0 Å². The van der Waals surface area contributed by atoms with Gasteiger partial charge in [-0.3, -0.25) is 9.59 Å². The molecule has 4 aromatic rings. The van der Waals surface area contributed by atoms with E-state index in [0.717, 1.165) is 33.9 Å². The summed E-state index contributed by atoms with van der Waals surface area (Å²) in [6.07, 6.45) is 2.13. The highest BCUT2D eigenvalue weighted by molar-refractivity contribution is 8.00. The Morgan fingerprint density at radius 2 is 1.53 bits per heavy atom. The quantitative estimate of drug-likeness (QED) is 0.101. The number of oxime groups is 1. The van der Waals surface area contributed by atoms with Crippen molar-refractivity contribution in [1.29, 1.82) is 0 Å². The van der Waals surface area contributed by atoms with Gasteiger partial charge in [0, 0.05) is 45.0 Å². The number of thioether (sulfide) groups is 1. The van der Waals surface area contributed by atoms with Crippen LogP contribution < -0.4 is 0 Å². The molecule has 0 bridgehead atoms. The molecular weight excluding hydrogens is 496 g/mol. The van der Waals surface area contributed by atoms with Gasteiger partial charge in [-0.05, 0) is 82.3 Å². The number of rotatable bonds is 9. The van der Waals surface area contributed by atoms with Gasteiger partial charge in [-0.25, -0.2) is 4.79 Å². The summed E-state index contributed by atoms with van der Waals surface area (Å²) in [6.45, 7) is 10.0. The summed E-state index contributed by atoms with van der Waals surface area (Å²) in [4.78, 5) is 44.2. The van der Waals surface area contributed by atoms with E-state index < -0.39 is 10.7 Å². The SMILES string of the molecule is CC/C(=N\OC(=O)C(C)(C)SC)C(=O)c1ccc2c(c1)c1cc(C(=O)c3ccccc3C)ccc1n2CC. The summed E-state index contributed by atoms with van der Waals surface area (Å²) in [6, 6.07) is 18.8. The van der Waals surface area contributed by atoms with E-state index in [0.29, 0.717) is 23.1 Å². The zero-order valence-corrected chi connectivity index (χ0v) is 23.4. The van der Waals surface area contributed by atoms with E-state index in [1.165, 1.54) is 11.8 Å². The topological polar surface area (TPSA) is 77.7 Å². The number of Topliss-reactive ketones (excluding diaryl/α,β-unsaturated/α-hetero) is 1. The molecular formula is C31H32N2O4S. The second-order valence-electron chi connectivity index (χ2n) is 9.67. The Morgan fingerprint density at radius 3 is 2.11 bits per heavy atom. The van der Waals surface area contributed by atoms with Crippen LogP contribution in [0.15, 0.2) is 65.8 Å². The van der Waals surface area contributed by atoms with E-state index in [9.17, 15) is 14.4 Å². The molecule has 3 aromatic carbocycles. The average molecular weight is 529 g/mol. The van der Waals surface area contributed by atoms with Crippen LogP contribution in [0.2, 0.25) is 0 Å². The lowest BCUT2D eigenvalue weighted by molar-refractivity contribution is -0.145. The van der Waals surface area contributed by atoms with Crippen molar-refractivity contribution in [3.05, 3.63) is 82.9 Å². The van der Waals surface area contributed by atoms with Crippen molar-refractivity contribution >= 4 is 56.8 Å². The summed E-state index contributed by atoms with van der Waals surface area (Å²) in [7, 11) is 0. The minimum atomic E-state index is -0.764. The number of aromatic nitrogens is 1. The molecule has 196 valence electrons. The molecule has 0 atom stereocenters. The smallest absolute Gasteiger partial charge is 0.341 e. The third-order valence-electron chi connectivity index (χ3n) is 6.93. The molecule has 0 saturated carbocycles. The molecule has 1 heterocycles. The van der Waals surface area contributed by atoms with Gasteiger partial charge in [0.2, 0.25) is 5.78 Å². The van der Waals surface area contributed by atoms with Crippen molar-refractivity contribution in [2.45, 2.75) is 52.3 Å². The molecule has 0 spiro atoms. The maximum Gasteiger partial charge on any atom is 0.350 e. The van der Waals surface area contributed by atoms with Gasteiger partial charge < -0.3 is 9.40 Å². The molecule has 7 heteroatoms. The third-order valence-corrected chi connectivity index (χ3v) is 8.12. The lowest BCUT2D eigenvalue weighted by atomic mass is 9.97.